The van der Waals surface area contributed by atoms with Crippen molar-refractivity contribution in [1.82, 2.24) is 10.0 Å². The van der Waals surface area contributed by atoms with Crippen LogP contribution in [0.4, 0.5) is 0 Å². The van der Waals surface area contributed by atoms with Crippen LogP contribution in [0.1, 0.15) is 39.4 Å². The predicted molar refractivity (Wildman–Crippen MR) is 86.0 cm³/mol. The Balaban J connectivity index is 1.96. The van der Waals surface area contributed by atoms with Crippen LogP contribution in [0.25, 0.3) is 0 Å². The van der Waals surface area contributed by atoms with Gasteiger partial charge in [0.25, 0.3) is 10.0 Å². The molecule has 1 aliphatic rings. The van der Waals surface area contributed by atoms with Crippen molar-refractivity contribution in [1.29, 1.82) is 0 Å². The minimum atomic E-state index is -3.56. The molecular weight excluding hydrogens is 308 g/mol. The van der Waals surface area contributed by atoms with Crippen molar-refractivity contribution in [3.05, 3.63) is 17.9 Å². The molecule has 2 heterocycles. The first-order valence-corrected chi connectivity index (χ1v) is 9.73. The zero-order valence-electron chi connectivity index (χ0n) is 12.8. The van der Waals surface area contributed by atoms with E-state index in [1.807, 2.05) is 25.6 Å². The van der Waals surface area contributed by atoms with Crippen LogP contribution in [0.3, 0.4) is 0 Å². The molecule has 0 spiro atoms. The molecule has 1 aliphatic heterocycles. The standard InChI is InChI=1S/C14H24N2O3S2/c1-11(2)15-9-12-5-6-13(19-12)21(17,18)16-10-14(3)7-4-8-20-14/h5-6,11,15-16H,4,7-10H2,1-3H3. The fraction of sp³-hybridized carbons (Fsp3) is 0.714. The van der Waals surface area contributed by atoms with Crippen LogP contribution in [0.15, 0.2) is 21.6 Å². The summed E-state index contributed by atoms with van der Waals surface area (Å²) in [5.41, 5.74) is 0. The molecule has 1 aromatic rings. The van der Waals surface area contributed by atoms with E-state index >= 15 is 0 Å². The van der Waals surface area contributed by atoms with Gasteiger partial charge >= 0.3 is 0 Å². The molecule has 1 fully saturated rings. The van der Waals surface area contributed by atoms with E-state index in [1.165, 1.54) is 6.07 Å². The first kappa shape index (κ1) is 16.9. The Morgan fingerprint density at radius 2 is 2.19 bits per heavy atom. The summed E-state index contributed by atoms with van der Waals surface area (Å²) in [6.45, 7) is 7.14. The smallest absolute Gasteiger partial charge is 0.274 e. The summed E-state index contributed by atoms with van der Waals surface area (Å²) in [6, 6.07) is 3.55. The molecule has 1 saturated heterocycles. The van der Waals surface area contributed by atoms with Gasteiger partial charge in [0.1, 0.15) is 5.76 Å². The van der Waals surface area contributed by atoms with Gasteiger partial charge in [-0.1, -0.05) is 13.8 Å². The molecule has 0 radical (unpaired) electrons. The number of rotatable bonds is 7. The van der Waals surface area contributed by atoms with Gasteiger partial charge in [-0.25, -0.2) is 13.1 Å². The first-order valence-electron chi connectivity index (χ1n) is 7.26. The van der Waals surface area contributed by atoms with Gasteiger partial charge in [0.15, 0.2) is 0 Å². The second-order valence-electron chi connectivity index (χ2n) is 5.98. The zero-order valence-corrected chi connectivity index (χ0v) is 14.4. The van der Waals surface area contributed by atoms with Crippen molar-refractivity contribution in [3.8, 4) is 0 Å². The van der Waals surface area contributed by atoms with Crippen molar-refractivity contribution < 1.29 is 12.8 Å². The molecule has 2 rings (SSSR count). The molecule has 7 heteroatoms. The van der Waals surface area contributed by atoms with Crippen molar-refractivity contribution >= 4 is 21.8 Å². The highest BCUT2D eigenvalue weighted by Gasteiger charge is 2.31. The Morgan fingerprint density at radius 1 is 1.43 bits per heavy atom. The number of nitrogens with one attached hydrogen (secondary N) is 2. The summed E-state index contributed by atoms with van der Waals surface area (Å²) in [7, 11) is -3.56. The van der Waals surface area contributed by atoms with Crippen LogP contribution in [0.5, 0.6) is 0 Å². The van der Waals surface area contributed by atoms with E-state index in [-0.39, 0.29) is 9.84 Å². The summed E-state index contributed by atoms with van der Waals surface area (Å²) in [6.07, 6.45) is 2.19. The Morgan fingerprint density at radius 3 is 2.81 bits per heavy atom. The van der Waals surface area contributed by atoms with Crippen molar-refractivity contribution in [2.24, 2.45) is 0 Å². The predicted octanol–water partition coefficient (Wildman–Crippen LogP) is 2.34. The van der Waals surface area contributed by atoms with Gasteiger partial charge in [-0.2, -0.15) is 11.8 Å². The maximum Gasteiger partial charge on any atom is 0.274 e. The second kappa shape index (κ2) is 6.73. The molecule has 0 bridgehead atoms. The van der Waals surface area contributed by atoms with Gasteiger partial charge in [0, 0.05) is 17.3 Å². The maximum atomic E-state index is 12.2. The molecule has 21 heavy (non-hydrogen) atoms. The molecule has 0 amide bonds. The lowest BCUT2D eigenvalue weighted by molar-refractivity contribution is 0.392. The van der Waals surface area contributed by atoms with Crippen LogP contribution in [0, 0.1) is 0 Å². The largest absolute Gasteiger partial charge is 0.447 e. The summed E-state index contributed by atoms with van der Waals surface area (Å²) in [5, 5.41) is 3.19. The topological polar surface area (TPSA) is 71.3 Å². The lowest BCUT2D eigenvalue weighted by atomic mass is 10.1. The minimum Gasteiger partial charge on any atom is -0.447 e. The minimum absolute atomic E-state index is 0.00168. The summed E-state index contributed by atoms with van der Waals surface area (Å²) in [4.78, 5) is 0. The lowest BCUT2D eigenvalue weighted by Gasteiger charge is -2.22. The Hall–Kier alpha value is -0.500. The maximum absolute atomic E-state index is 12.2. The third kappa shape index (κ3) is 4.74. The van der Waals surface area contributed by atoms with E-state index in [0.29, 0.717) is 24.9 Å². The van der Waals surface area contributed by atoms with Gasteiger partial charge in [0.05, 0.1) is 6.54 Å². The molecule has 0 aliphatic carbocycles. The lowest BCUT2D eigenvalue weighted by Crippen LogP contribution is -2.36. The Bertz CT molecular complexity index is 561. The number of thioether (sulfide) groups is 1. The fourth-order valence-corrected chi connectivity index (χ4v) is 4.65. The average Bonchev–Trinajstić information content (AvgIpc) is 3.04. The summed E-state index contributed by atoms with van der Waals surface area (Å²) in [5.74, 6) is 1.73. The number of hydrogen-bond donors (Lipinski definition) is 2. The number of furan rings is 1. The fourth-order valence-electron chi connectivity index (χ4n) is 2.20. The van der Waals surface area contributed by atoms with E-state index in [9.17, 15) is 8.42 Å². The van der Waals surface area contributed by atoms with Gasteiger partial charge in [-0.05, 0) is 37.7 Å². The Labute approximate surface area is 131 Å². The van der Waals surface area contributed by atoms with Crippen molar-refractivity contribution in [2.45, 2.75) is 56.0 Å². The Kier molecular flexibility index (Phi) is 5.40. The molecule has 1 atom stereocenters. The highest BCUT2D eigenvalue weighted by Crippen LogP contribution is 2.37. The SMILES string of the molecule is CC(C)NCc1ccc(S(=O)(=O)NCC2(C)CCCS2)o1. The summed E-state index contributed by atoms with van der Waals surface area (Å²) >= 11 is 1.83. The third-order valence-corrected chi connectivity index (χ3v) is 6.33. The zero-order chi connectivity index (χ0) is 15.5. The normalized spacial score (nSPS) is 23.0. The highest BCUT2D eigenvalue weighted by atomic mass is 32.2. The van der Waals surface area contributed by atoms with Crippen molar-refractivity contribution in [2.75, 3.05) is 12.3 Å². The van der Waals surface area contributed by atoms with Crippen LogP contribution in [-0.2, 0) is 16.6 Å². The van der Waals surface area contributed by atoms with Gasteiger partial charge < -0.3 is 9.73 Å². The van der Waals surface area contributed by atoms with Crippen LogP contribution >= 0.6 is 11.8 Å². The quantitative estimate of drug-likeness (QED) is 0.802. The van der Waals surface area contributed by atoms with Gasteiger partial charge in [-0.15, -0.1) is 0 Å². The molecular formula is C14H24N2O3S2. The van der Waals surface area contributed by atoms with Crippen LogP contribution < -0.4 is 10.0 Å². The van der Waals surface area contributed by atoms with Gasteiger partial charge in [-0.3, -0.25) is 0 Å². The monoisotopic (exact) mass is 332 g/mol. The molecule has 5 nitrogen and oxygen atoms in total. The highest BCUT2D eigenvalue weighted by molar-refractivity contribution is 8.01. The first-order chi connectivity index (χ1) is 9.81. The molecule has 120 valence electrons. The van der Waals surface area contributed by atoms with E-state index in [0.717, 1.165) is 18.6 Å². The van der Waals surface area contributed by atoms with Crippen LogP contribution in [0.2, 0.25) is 0 Å². The molecule has 1 unspecified atom stereocenters. The van der Waals surface area contributed by atoms with E-state index in [4.69, 9.17) is 4.42 Å². The van der Waals surface area contributed by atoms with E-state index in [2.05, 4.69) is 17.0 Å². The third-order valence-electron chi connectivity index (χ3n) is 3.52. The van der Waals surface area contributed by atoms with Crippen LogP contribution in [-0.4, -0.2) is 31.5 Å². The molecule has 1 aromatic heterocycles. The average molecular weight is 332 g/mol. The number of hydrogen-bond acceptors (Lipinski definition) is 5. The summed E-state index contributed by atoms with van der Waals surface area (Å²) < 4.78 is 32.6. The molecule has 2 N–H and O–H groups in total. The molecule has 0 saturated carbocycles. The van der Waals surface area contributed by atoms with Crippen molar-refractivity contribution in [3.63, 3.8) is 0 Å². The van der Waals surface area contributed by atoms with E-state index < -0.39 is 10.0 Å². The molecule has 0 aromatic carbocycles. The van der Waals surface area contributed by atoms with E-state index in [1.54, 1.807) is 6.07 Å². The second-order valence-corrected chi connectivity index (χ2v) is 9.36. The van der Waals surface area contributed by atoms with Gasteiger partial charge in [0.2, 0.25) is 5.09 Å². The number of sulfonamides is 1.